The third-order valence-corrected chi connectivity index (χ3v) is 6.31. The molecule has 5 rings (SSSR count). The van der Waals surface area contributed by atoms with Gasteiger partial charge in [-0.2, -0.15) is 5.26 Å². The van der Waals surface area contributed by atoms with Crippen molar-refractivity contribution in [2.24, 2.45) is 0 Å². The molecule has 170 valence electrons. The highest BCUT2D eigenvalue weighted by atomic mass is 79.9. The Balaban J connectivity index is 1.67. The Morgan fingerprint density at radius 3 is 2.79 bits per heavy atom. The number of nitrogens with one attached hydrogen (secondary N) is 3. The molecule has 0 radical (unpaired) electrons. The van der Waals surface area contributed by atoms with E-state index in [9.17, 15) is 14.9 Å². The van der Waals surface area contributed by atoms with Crippen LogP contribution < -0.4 is 20.7 Å². The van der Waals surface area contributed by atoms with Gasteiger partial charge in [-0.05, 0) is 54.8 Å². The van der Waals surface area contributed by atoms with Crippen molar-refractivity contribution in [2.75, 3.05) is 18.5 Å². The number of benzene rings is 2. The lowest BCUT2D eigenvalue weighted by atomic mass is 10.0. The van der Waals surface area contributed by atoms with E-state index in [2.05, 4.69) is 37.9 Å². The molecule has 2 aromatic carbocycles. The van der Waals surface area contributed by atoms with E-state index in [0.717, 1.165) is 10.0 Å². The molecule has 3 aliphatic rings. The zero-order valence-electron chi connectivity index (χ0n) is 17.7. The molecule has 2 heterocycles. The first-order valence-electron chi connectivity index (χ1n) is 10.5. The molecule has 2 aliphatic heterocycles. The molecule has 1 fully saturated rings. The summed E-state index contributed by atoms with van der Waals surface area (Å²) in [7, 11) is 0. The molecule has 0 aromatic heterocycles. The number of rotatable bonds is 2. The third-order valence-electron chi connectivity index (χ3n) is 5.52. The molecule has 1 atom stereocenters. The minimum atomic E-state index is -0.897. The Labute approximate surface area is 205 Å². The summed E-state index contributed by atoms with van der Waals surface area (Å²) in [6.45, 7) is 0.822. The lowest BCUT2D eigenvalue weighted by Gasteiger charge is -2.22. The number of amides is 2. The van der Waals surface area contributed by atoms with Crippen molar-refractivity contribution in [1.82, 2.24) is 10.6 Å². The molecule has 3 N–H and O–H groups in total. The van der Waals surface area contributed by atoms with Gasteiger partial charge in [0.2, 0.25) is 5.91 Å². The Bertz CT molecular complexity index is 1160. The molecule has 1 aliphatic carbocycles. The van der Waals surface area contributed by atoms with E-state index in [1.807, 2.05) is 24.3 Å². The van der Waals surface area contributed by atoms with E-state index in [1.165, 1.54) is 0 Å². The van der Waals surface area contributed by atoms with Gasteiger partial charge in [-0.15, -0.1) is 0 Å². The van der Waals surface area contributed by atoms with Gasteiger partial charge < -0.3 is 20.7 Å². The maximum absolute atomic E-state index is 13.3. The lowest BCUT2D eigenvalue weighted by molar-refractivity contribution is -0.123. The standard InChI is InChI=1S/C24H22BrClN4O3/c25-16-4-5-19-17(13-16)22(31)29-20(23(32)30-24(14-27)7-8-24)12-15-3-6-21(18(26)11-15)33-10-2-1-9-28-19/h1-6,11,13,20,28H,7-10,12H2,(H,29,31)(H,30,32)/t20-/m0/s1. The highest BCUT2D eigenvalue weighted by Gasteiger charge is 2.45. The maximum atomic E-state index is 13.3. The van der Waals surface area contributed by atoms with Crippen molar-refractivity contribution < 1.29 is 14.3 Å². The van der Waals surface area contributed by atoms with E-state index in [1.54, 1.807) is 24.3 Å². The number of fused-ring (bicyclic) bond motifs is 9. The molecular weight excluding hydrogens is 508 g/mol. The van der Waals surface area contributed by atoms with Crippen LogP contribution >= 0.6 is 27.5 Å². The fourth-order valence-electron chi connectivity index (χ4n) is 3.50. The number of carbonyl (C=O) groups is 2. The van der Waals surface area contributed by atoms with E-state index in [-0.39, 0.29) is 6.42 Å². The van der Waals surface area contributed by atoms with Gasteiger partial charge in [0, 0.05) is 23.1 Å². The fraction of sp³-hybridized carbons (Fsp3) is 0.292. The van der Waals surface area contributed by atoms with E-state index < -0.39 is 23.4 Å². The molecule has 2 amide bonds. The van der Waals surface area contributed by atoms with Crippen molar-refractivity contribution in [3.8, 4) is 11.8 Å². The molecule has 9 heteroatoms. The predicted molar refractivity (Wildman–Crippen MR) is 129 cm³/mol. The monoisotopic (exact) mass is 528 g/mol. The summed E-state index contributed by atoms with van der Waals surface area (Å²) in [6, 6.07) is 11.9. The van der Waals surface area contributed by atoms with Gasteiger partial charge >= 0.3 is 0 Å². The van der Waals surface area contributed by atoms with Gasteiger partial charge in [0.15, 0.2) is 0 Å². The topological polar surface area (TPSA) is 103 Å². The van der Waals surface area contributed by atoms with Crippen molar-refractivity contribution in [3.63, 3.8) is 0 Å². The van der Waals surface area contributed by atoms with Gasteiger partial charge in [-0.1, -0.05) is 39.7 Å². The van der Waals surface area contributed by atoms with Crippen LogP contribution in [0.4, 0.5) is 5.69 Å². The fourth-order valence-corrected chi connectivity index (χ4v) is 4.12. The number of carbonyl (C=O) groups excluding carboxylic acids is 2. The number of anilines is 1. The highest BCUT2D eigenvalue weighted by Crippen LogP contribution is 2.34. The van der Waals surface area contributed by atoms with Crippen LogP contribution in [0.1, 0.15) is 28.8 Å². The van der Waals surface area contributed by atoms with Gasteiger partial charge in [0.25, 0.3) is 5.91 Å². The summed E-state index contributed by atoms with van der Waals surface area (Å²) < 4.78 is 6.46. The summed E-state index contributed by atoms with van der Waals surface area (Å²) >= 11 is 9.79. The predicted octanol–water partition coefficient (Wildman–Crippen LogP) is 3.98. The second kappa shape index (κ2) is 9.86. The summed E-state index contributed by atoms with van der Waals surface area (Å²) in [5, 5.41) is 18.7. The van der Waals surface area contributed by atoms with Crippen LogP contribution in [0.3, 0.4) is 0 Å². The van der Waals surface area contributed by atoms with Crippen molar-refractivity contribution in [3.05, 3.63) is 69.2 Å². The van der Waals surface area contributed by atoms with Gasteiger partial charge in [0.1, 0.15) is 23.9 Å². The van der Waals surface area contributed by atoms with Crippen LogP contribution in [0, 0.1) is 11.3 Å². The number of ether oxygens (including phenoxy) is 1. The van der Waals surface area contributed by atoms with Crippen LogP contribution in [-0.4, -0.2) is 36.5 Å². The highest BCUT2D eigenvalue weighted by molar-refractivity contribution is 9.10. The second-order valence-electron chi connectivity index (χ2n) is 8.03. The summed E-state index contributed by atoms with van der Waals surface area (Å²) in [5.41, 5.74) is 0.939. The van der Waals surface area contributed by atoms with Gasteiger partial charge in [0.05, 0.1) is 16.7 Å². The van der Waals surface area contributed by atoms with Gasteiger partial charge in [-0.3, -0.25) is 9.59 Å². The molecule has 0 unspecified atom stereocenters. The van der Waals surface area contributed by atoms with Crippen LogP contribution in [0.25, 0.3) is 0 Å². The molecule has 0 saturated heterocycles. The normalized spacial score (nSPS) is 19.3. The van der Waals surface area contributed by atoms with E-state index in [0.29, 0.717) is 48.0 Å². The summed E-state index contributed by atoms with van der Waals surface area (Å²) in [4.78, 5) is 26.4. The smallest absolute Gasteiger partial charge is 0.254 e. The zero-order valence-corrected chi connectivity index (χ0v) is 20.0. The Morgan fingerprint density at radius 2 is 2.06 bits per heavy atom. The molecule has 2 aromatic rings. The number of hydrogen-bond donors (Lipinski definition) is 3. The molecule has 0 spiro atoms. The number of halogens is 2. The average molecular weight is 530 g/mol. The van der Waals surface area contributed by atoms with Crippen molar-refractivity contribution in [2.45, 2.75) is 30.8 Å². The molecular formula is C24H22BrClN4O3. The first-order valence-corrected chi connectivity index (χ1v) is 11.7. The SMILES string of the molecule is N#CC1(NC(=O)[C@@H]2Cc3ccc(c(Cl)c3)OCC=CCNc3ccc(Br)cc3C(=O)N2)CC1. The van der Waals surface area contributed by atoms with Crippen molar-refractivity contribution >= 4 is 45.0 Å². The Kier molecular flexibility index (Phi) is 6.91. The quantitative estimate of drug-likeness (QED) is 0.511. The first kappa shape index (κ1) is 23.1. The molecule has 33 heavy (non-hydrogen) atoms. The number of nitrogens with zero attached hydrogens (tertiary/aromatic N) is 1. The Morgan fingerprint density at radius 1 is 1.24 bits per heavy atom. The minimum Gasteiger partial charge on any atom is -0.488 e. The molecule has 2 bridgehead atoms. The average Bonchev–Trinajstić information content (AvgIpc) is 3.56. The van der Waals surface area contributed by atoms with E-state index >= 15 is 0 Å². The number of hydrogen-bond acceptors (Lipinski definition) is 5. The number of nitriles is 1. The van der Waals surface area contributed by atoms with Crippen LogP contribution in [0.2, 0.25) is 5.02 Å². The van der Waals surface area contributed by atoms with Crippen molar-refractivity contribution in [1.29, 1.82) is 5.26 Å². The van der Waals surface area contributed by atoms with Crippen LogP contribution in [-0.2, 0) is 11.2 Å². The zero-order chi connectivity index (χ0) is 23.4. The van der Waals surface area contributed by atoms with E-state index in [4.69, 9.17) is 16.3 Å². The van der Waals surface area contributed by atoms with Gasteiger partial charge in [-0.25, -0.2) is 0 Å². The second-order valence-corrected chi connectivity index (χ2v) is 9.35. The van der Waals surface area contributed by atoms with Crippen LogP contribution in [0.5, 0.6) is 5.75 Å². The van der Waals surface area contributed by atoms with Crippen LogP contribution in [0.15, 0.2) is 53.0 Å². The molecule has 1 saturated carbocycles. The Hall–Kier alpha value is -3.02. The first-order chi connectivity index (χ1) is 15.9. The largest absolute Gasteiger partial charge is 0.488 e. The molecule has 7 nitrogen and oxygen atoms in total. The summed E-state index contributed by atoms with van der Waals surface area (Å²) in [6.07, 6.45) is 5.16. The minimum absolute atomic E-state index is 0.204. The summed E-state index contributed by atoms with van der Waals surface area (Å²) in [5.74, 6) is -0.276. The lowest BCUT2D eigenvalue weighted by Crippen LogP contribution is -2.51. The maximum Gasteiger partial charge on any atom is 0.254 e. The third kappa shape index (κ3) is 5.67.